The molecule has 134 valence electrons. The van der Waals surface area contributed by atoms with Crippen LogP contribution in [0.25, 0.3) is 0 Å². The van der Waals surface area contributed by atoms with Gasteiger partial charge in [0.1, 0.15) is 5.75 Å². The average Bonchev–Trinajstić information content (AvgIpc) is 3.11. The molecule has 0 aliphatic carbocycles. The van der Waals surface area contributed by atoms with Gasteiger partial charge in [0.2, 0.25) is 0 Å². The fraction of sp³-hybridized carbons (Fsp3) is 0.632. The molecule has 5 nitrogen and oxygen atoms in total. The molecule has 0 bridgehead atoms. The van der Waals surface area contributed by atoms with Gasteiger partial charge < -0.3 is 19.7 Å². The number of nitrogens with zero attached hydrogens (tertiary/aromatic N) is 2. The van der Waals surface area contributed by atoms with E-state index in [1.165, 1.54) is 5.56 Å². The van der Waals surface area contributed by atoms with Gasteiger partial charge in [0.15, 0.2) is 5.96 Å². The lowest BCUT2D eigenvalue weighted by Crippen LogP contribution is -2.41. The van der Waals surface area contributed by atoms with Crippen molar-refractivity contribution in [1.82, 2.24) is 10.2 Å². The zero-order valence-electron chi connectivity index (χ0n) is 15.3. The van der Waals surface area contributed by atoms with E-state index in [9.17, 15) is 0 Å². The molecule has 5 heteroatoms. The van der Waals surface area contributed by atoms with Crippen LogP contribution in [0.5, 0.6) is 5.75 Å². The topological polar surface area (TPSA) is 46.1 Å². The summed E-state index contributed by atoms with van der Waals surface area (Å²) in [6, 6.07) is 8.33. The molecular formula is C19H31N3O2. The molecule has 0 spiro atoms. The summed E-state index contributed by atoms with van der Waals surface area (Å²) >= 11 is 0. The first-order valence-electron chi connectivity index (χ1n) is 8.85. The van der Waals surface area contributed by atoms with Crippen LogP contribution in [0.1, 0.15) is 24.8 Å². The predicted molar refractivity (Wildman–Crippen MR) is 98.8 cm³/mol. The van der Waals surface area contributed by atoms with Crippen molar-refractivity contribution in [1.29, 1.82) is 0 Å². The highest BCUT2D eigenvalue weighted by Crippen LogP contribution is 2.14. The molecule has 1 heterocycles. The van der Waals surface area contributed by atoms with E-state index in [0.29, 0.717) is 5.92 Å². The van der Waals surface area contributed by atoms with E-state index in [0.717, 1.165) is 63.7 Å². The lowest BCUT2D eigenvalue weighted by Gasteiger charge is -2.24. The van der Waals surface area contributed by atoms with Crippen molar-refractivity contribution in [3.05, 3.63) is 29.8 Å². The lowest BCUT2D eigenvalue weighted by atomic mass is 10.1. The Hall–Kier alpha value is -1.75. The van der Waals surface area contributed by atoms with Gasteiger partial charge >= 0.3 is 0 Å². The van der Waals surface area contributed by atoms with Crippen LogP contribution in [-0.2, 0) is 11.2 Å². The second-order valence-electron chi connectivity index (χ2n) is 6.39. The number of unbranched alkanes of at least 4 members (excludes halogenated alkanes) is 1. The molecule has 2 rings (SSSR count). The van der Waals surface area contributed by atoms with E-state index in [4.69, 9.17) is 9.47 Å². The molecule has 1 aliphatic heterocycles. The molecule has 1 aromatic carbocycles. The van der Waals surface area contributed by atoms with Gasteiger partial charge in [-0.1, -0.05) is 12.1 Å². The van der Waals surface area contributed by atoms with Crippen molar-refractivity contribution >= 4 is 5.96 Å². The minimum Gasteiger partial charge on any atom is -0.497 e. The Kier molecular flexibility index (Phi) is 7.89. The second kappa shape index (κ2) is 10.2. The highest BCUT2D eigenvalue weighted by molar-refractivity contribution is 5.79. The average molecular weight is 333 g/mol. The van der Waals surface area contributed by atoms with Crippen LogP contribution in [0.15, 0.2) is 29.3 Å². The first-order valence-corrected chi connectivity index (χ1v) is 8.85. The Labute approximate surface area is 146 Å². The Balaban J connectivity index is 1.62. The Bertz CT molecular complexity index is 496. The summed E-state index contributed by atoms with van der Waals surface area (Å²) in [5.41, 5.74) is 1.36. The summed E-state index contributed by atoms with van der Waals surface area (Å²) in [4.78, 5) is 6.59. The number of benzene rings is 1. The smallest absolute Gasteiger partial charge is 0.193 e. The number of rotatable bonds is 8. The van der Waals surface area contributed by atoms with Crippen molar-refractivity contribution in [3.63, 3.8) is 0 Å². The number of nitrogens with one attached hydrogen (secondary N) is 1. The number of aryl methyl sites for hydroxylation is 1. The van der Waals surface area contributed by atoms with Crippen LogP contribution in [0.2, 0.25) is 0 Å². The monoisotopic (exact) mass is 333 g/mol. The van der Waals surface area contributed by atoms with Crippen molar-refractivity contribution < 1.29 is 9.47 Å². The molecule has 1 aromatic rings. The van der Waals surface area contributed by atoms with E-state index in [1.54, 1.807) is 7.11 Å². The van der Waals surface area contributed by atoms with E-state index >= 15 is 0 Å². The molecule has 1 N–H and O–H groups in total. The van der Waals surface area contributed by atoms with Crippen LogP contribution in [0, 0.1) is 5.92 Å². The summed E-state index contributed by atoms with van der Waals surface area (Å²) < 4.78 is 10.6. The fourth-order valence-electron chi connectivity index (χ4n) is 3.03. The summed E-state index contributed by atoms with van der Waals surface area (Å²) in [7, 11) is 5.65. The fourth-order valence-corrected chi connectivity index (χ4v) is 3.03. The van der Waals surface area contributed by atoms with Gasteiger partial charge in [-0.15, -0.1) is 0 Å². The van der Waals surface area contributed by atoms with Crippen LogP contribution in [-0.4, -0.2) is 58.4 Å². The zero-order chi connectivity index (χ0) is 17.2. The molecule has 1 unspecified atom stereocenters. The zero-order valence-corrected chi connectivity index (χ0v) is 15.3. The van der Waals surface area contributed by atoms with Crippen LogP contribution in [0.4, 0.5) is 0 Å². The Morgan fingerprint density at radius 3 is 2.75 bits per heavy atom. The molecule has 1 atom stereocenters. The van der Waals surface area contributed by atoms with Crippen LogP contribution >= 0.6 is 0 Å². The van der Waals surface area contributed by atoms with Crippen molar-refractivity contribution in [2.45, 2.75) is 25.7 Å². The molecule has 1 fully saturated rings. The van der Waals surface area contributed by atoms with Gasteiger partial charge in [0.05, 0.1) is 13.7 Å². The molecule has 1 aliphatic rings. The number of aliphatic imine (C=N–C) groups is 1. The van der Waals surface area contributed by atoms with Crippen LogP contribution in [0.3, 0.4) is 0 Å². The largest absolute Gasteiger partial charge is 0.497 e. The summed E-state index contributed by atoms with van der Waals surface area (Å²) in [5, 5.41) is 3.46. The number of guanidine groups is 1. The Morgan fingerprint density at radius 1 is 1.33 bits per heavy atom. The third-order valence-electron chi connectivity index (χ3n) is 4.46. The minimum absolute atomic E-state index is 0.628. The standard InChI is InChI=1S/C19H31N3O2/c1-20-19(22(2)14-17-11-13-24-15-17)21-12-5-4-6-16-7-9-18(23-3)10-8-16/h7-10,17H,4-6,11-15H2,1-3H3,(H,20,21). The lowest BCUT2D eigenvalue weighted by molar-refractivity contribution is 0.181. The van der Waals surface area contributed by atoms with Crippen molar-refractivity contribution in [3.8, 4) is 5.75 Å². The van der Waals surface area contributed by atoms with Crippen molar-refractivity contribution in [2.75, 3.05) is 47.5 Å². The highest BCUT2D eigenvalue weighted by Gasteiger charge is 2.18. The maximum Gasteiger partial charge on any atom is 0.193 e. The van der Waals surface area contributed by atoms with E-state index in [-0.39, 0.29) is 0 Å². The second-order valence-corrected chi connectivity index (χ2v) is 6.39. The molecule has 1 saturated heterocycles. The van der Waals surface area contributed by atoms with E-state index in [2.05, 4.69) is 34.4 Å². The highest BCUT2D eigenvalue weighted by atomic mass is 16.5. The van der Waals surface area contributed by atoms with Crippen molar-refractivity contribution in [2.24, 2.45) is 10.9 Å². The van der Waals surface area contributed by atoms with Gasteiger partial charge in [-0.25, -0.2) is 0 Å². The molecule has 0 amide bonds. The number of ether oxygens (including phenoxy) is 2. The van der Waals surface area contributed by atoms with E-state index in [1.807, 2.05) is 19.2 Å². The minimum atomic E-state index is 0.628. The van der Waals surface area contributed by atoms with Gasteiger partial charge in [-0.05, 0) is 43.4 Å². The third-order valence-corrected chi connectivity index (χ3v) is 4.46. The van der Waals surface area contributed by atoms with Gasteiger partial charge in [-0.2, -0.15) is 0 Å². The van der Waals surface area contributed by atoms with Gasteiger partial charge in [0.25, 0.3) is 0 Å². The number of hydrogen-bond acceptors (Lipinski definition) is 3. The maximum atomic E-state index is 5.45. The van der Waals surface area contributed by atoms with Gasteiger partial charge in [-0.3, -0.25) is 4.99 Å². The Morgan fingerprint density at radius 2 is 2.12 bits per heavy atom. The number of hydrogen-bond donors (Lipinski definition) is 1. The van der Waals surface area contributed by atoms with E-state index < -0.39 is 0 Å². The summed E-state index contributed by atoms with van der Waals surface area (Å²) in [6.45, 7) is 3.74. The van der Waals surface area contributed by atoms with Crippen LogP contribution < -0.4 is 10.1 Å². The normalized spacial score (nSPS) is 17.8. The maximum absolute atomic E-state index is 5.45. The predicted octanol–water partition coefficient (Wildman–Crippen LogP) is 2.56. The summed E-state index contributed by atoms with van der Waals surface area (Å²) in [5.74, 6) is 2.52. The molecule has 0 saturated carbocycles. The molecule has 24 heavy (non-hydrogen) atoms. The SMILES string of the molecule is CN=C(NCCCCc1ccc(OC)cc1)N(C)CC1CCOC1. The van der Waals surface area contributed by atoms with Gasteiger partial charge in [0, 0.05) is 39.7 Å². The molecule has 0 aromatic heterocycles. The summed E-state index contributed by atoms with van der Waals surface area (Å²) in [6.07, 6.45) is 4.55. The first-order chi connectivity index (χ1) is 11.7. The molecule has 0 radical (unpaired) electrons. The number of methoxy groups -OCH3 is 1. The third kappa shape index (κ3) is 6.04. The quantitative estimate of drug-likeness (QED) is 0.451. The first kappa shape index (κ1) is 18.6. The molecular weight excluding hydrogens is 302 g/mol.